The first-order chi connectivity index (χ1) is 11.7. The predicted molar refractivity (Wildman–Crippen MR) is 99.2 cm³/mol. The molecule has 24 heavy (non-hydrogen) atoms. The van der Waals surface area contributed by atoms with Gasteiger partial charge in [0.15, 0.2) is 0 Å². The van der Waals surface area contributed by atoms with Crippen molar-refractivity contribution in [1.29, 1.82) is 0 Å². The molecule has 0 bridgehead atoms. The molecule has 0 atom stereocenters. The molecule has 0 saturated heterocycles. The molecule has 0 aromatic heterocycles. The number of hydrogen-bond donors (Lipinski definition) is 1. The highest BCUT2D eigenvalue weighted by Crippen LogP contribution is 2.29. The van der Waals surface area contributed by atoms with Crippen molar-refractivity contribution < 1.29 is 4.79 Å². The standard InChI is InChI=1S/C19H20N4O/c1-22(11-12-24)16-9-7-15(8-10-16)18-13-21-19(20)14-23(18)17-5-3-2-4-6-17/h2-10,12-13H,11,14H2,1H3,(H2,20,21). The second-order valence-corrected chi connectivity index (χ2v) is 5.65. The van der Waals surface area contributed by atoms with Gasteiger partial charge in [-0.05, 0) is 29.8 Å². The molecular weight excluding hydrogens is 300 g/mol. The topological polar surface area (TPSA) is 61.9 Å². The summed E-state index contributed by atoms with van der Waals surface area (Å²) in [5, 5.41) is 0. The second-order valence-electron chi connectivity index (χ2n) is 5.65. The Kier molecular flexibility index (Phi) is 4.61. The molecule has 122 valence electrons. The Hall–Kier alpha value is -3.08. The molecule has 0 spiro atoms. The Bertz CT molecular complexity index is 766. The van der Waals surface area contributed by atoms with Gasteiger partial charge in [-0.1, -0.05) is 30.3 Å². The molecule has 2 N–H and O–H groups in total. The molecule has 0 saturated carbocycles. The van der Waals surface area contributed by atoms with E-state index in [1.807, 2.05) is 54.4 Å². The molecule has 1 aliphatic rings. The average molecular weight is 320 g/mol. The van der Waals surface area contributed by atoms with Crippen LogP contribution in [0.2, 0.25) is 0 Å². The van der Waals surface area contributed by atoms with E-state index in [0.717, 1.165) is 28.9 Å². The first kappa shape index (κ1) is 15.8. The fourth-order valence-electron chi connectivity index (χ4n) is 2.67. The van der Waals surface area contributed by atoms with Gasteiger partial charge in [-0.2, -0.15) is 0 Å². The van der Waals surface area contributed by atoms with Gasteiger partial charge in [0.1, 0.15) is 12.1 Å². The normalized spacial score (nSPS) is 14.0. The number of aldehydes is 1. The maximum Gasteiger partial charge on any atom is 0.139 e. The molecule has 0 aliphatic carbocycles. The second kappa shape index (κ2) is 7.00. The van der Waals surface area contributed by atoms with Gasteiger partial charge in [0.05, 0.1) is 25.0 Å². The fourth-order valence-corrected chi connectivity index (χ4v) is 2.67. The molecule has 2 aromatic carbocycles. The average Bonchev–Trinajstić information content (AvgIpc) is 2.63. The highest BCUT2D eigenvalue weighted by Gasteiger charge is 2.18. The quantitative estimate of drug-likeness (QED) is 0.860. The minimum absolute atomic E-state index is 0.374. The van der Waals surface area contributed by atoms with Crippen molar-refractivity contribution in [1.82, 2.24) is 0 Å². The van der Waals surface area contributed by atoms with E-state index in [2.05, 4.69) is 22.0 Å². The number of para-hydroxylation sites is 1. The third-order valence-electron chi connectivity index (χ3n) is 3.98. The third-order valence-corrected chi connectivity index (χ3v) is 3.98. The Labute approximate surface area is 141 Å². The number of nitrogens with two attached hydrogens (primary N) is 1. The minimum Gasteiger partial charge on any atom is -0.386 e. The van der Waals surface area contributed by atoms with Gasteiger partial charge in [-0.15, -0.1) is 0 Å². The summed E-state index contributed by atoms with van der Waals surface area (Å²) in [6, 6.07) is 18.2. The molecule has 0 fully saturated rings. The van der Waals surface area contributed by atoms with Crippen molar-refractivity contribution in [3.05, 3.63) is 66.4 Å². The van der Waals surface area contributed by atoms with E-state index in [-0.39, 0.29) is 0 Å². The number of benzene rings is 2. The molecule has 2 aromatic rings. The van der Waals surface area contributed by atoms with E-state index in [1.54, 1.807) is 6.20 Å². The lowest BCUT2D eigenvalue weighted by Crippen LogP contribution is -2.35. The number of anilines is 2. The van der Waals surface area contributed by atoms with Crippen LogP contribution in [0, 0.1) is 0 Å². The summed E-state index contributed by atoms with van der Waals surface area (Å²) in [6.07, 6.45) is 2.70. The predicted octanol–water partition coefficient (Wildman–Crippen LogP) is 2.50. The summed E-state index contributed by atoms with van der Waals surface area (Å²) in [6.45, 7) is 0.932. The van der Waals surface area contributed by atoms with E-state index >= 15 is 0 Å². The number of aliphatic imine (C=N–C) groups is 1. The number of carbonyl (C=O) groups is 1. The van der Waals surface area contributed by atoms with Crippen molar-refractivity contribution in [2.45, 2.75) is 0 Å². The summed E-state index contributed by atoms with van der Waals surface area (Å²) >= 11 is 0. The zero-order valence-corrected chi connectivity index (χ0v) is 13.6. The molecular formula is C19H20N4O. The highest BCUT2D eigenvalue weighted by atomic mass is 16.1. The number of rotatable bonds is 5. The number of carbonyl (C=O) groups excluding carboxylic acids is 1. The molecule has 1 heterocycles. The lowest BCUT2D eigenvalue weighted by Gasteiger charge is -2.29. The zero-order valence-electron chi connectivity index (χ0n) is 13.6. The van der Waals surface area contributed by atoms with Crippen molar-refractivity contribution >= 4 is 29.2 Å². The van der Waals surface area contributed by atoms with Crippen LogP contribution in [-0.2, 0) is 4.79 Å². The number of nitrogens with zero attached hydrogens (tertiary/aromatic N) is 3. The van der Waals surface area contributed by atoms with Crippen molar-refractivity contribution in [2.75, 3.05) is 29.9 Å². The first-order valence-electron chi connectivity index (χ1n) is 7.79. The zero-order chi connectivity index (χ0) is 16.9. The molecule has 0 unspecified atom stereocenters. The minimum atomic E-state index is 0.374. The molecule has 0 amide bonds. The third kappa shape index (κ3) is 3.30. The van der Waals surface area contributed by atoms with Crippen LogP contribution in [-0.4, -0.2) is 32.3 Å². The number of hydrogen-bond acceptors (Lipinski definition) is 5. The van der Waals surface area contributed by atoms with Crippen LogP contribution < -0.4 is 15.5 Å². The number of amidine groups is 1. The fraction of sp³-hybridized carbons (Fsp3) is 0.158. The highest BCUT2D eigenvalue weighted by molar-refractivity contribution is 5.95. The van der Waals surface area contributed by atoms with Crippen molar-refractivity contribution in [3.63, 3.8) is 0 Å². The number of likely N-dealkylation sites (N-methyl/N-ethyl adjacent to an activating group) is 1. The molecule has 5 heteroatoms. The lowest BCUT2D eigenvalue weighted by atomic mass is 10.1. The summed E-state index contributed by atoms with van der Waals surface area (Å²) in [5.41, 5.74) is 10.0. The summed E-state index contributed by atoms with van der Waals surface area (Å²) in [7, 11) is 1.89. The van der Waals surface area contributed by atoms with Gasteiger partial charge in [0.2, 0.25) is 0 Å². The van der Waals surface area contributed by atoms with Crippen LogP contribution in [0.3, 0.4) is 0 Å². The van der Waals surface area contributed by atoms with Crippen LogP contribution in [0.15, 0.2) is 65.8 Å². The van der Waals surface area contributed by atoms with E-state index in [0.29, 0.717) is 18.9 Å². The van der Waals surface area contributed by atoms with Gasteiger partial charge in [-0.25, -0.2) is 4.99 Å². The molecule has 0 radical (unpaired) electrons. The van der Waals surface area contributed by atoms with Gasteiger partial charge in [0, 0.05) is 18.4 Å². The Morgan fingerprint density at radius 2 is 1.88 bits per heavy atom. The Morgan fingerprint density at radius 3 is 2.54 bits per heavy atom. The van der Waals surface area contributed by atoms with E-state index in [9.17, 15) is 4.79 Å². The largest absolute Gasteiger partial charge is 0.386 e. The SMILES string of the molecule is CN(CC=O)c1ccc(C2=CN=C(N)CN2c2ccccc2)cc1. The van der Waals surface area contributed by atoms with Crippen LogP contribution >= 0.6 is 0 Å². The van der Waals surface area contributed by atoms with E-state index < -0.39 is 0 Å². The smallest absolute Gasteiger partial charge is 0.139 e. The van der Waals surface area contributed by atoms with Crippen molar-refractivity contribution in [3.8, 4) is 0 Å². The van der Waals surface area contributed by atoms with Crippen LogP contribution in [0.4, 0.5) is 11.4 Å². The lowest BCUT2D eigenvalue weighted by molar-refractivity contribution is -0.106. The molecule has 3 rings (SSSR count). The maximum atomic E-state index is 10.6. The van der Waals surface area contributed by atoms with E-state index in [1.165, 1.54) is 0 Å². The van der Waals surface area contributed by atoms with Gasteiger partial charge in [-0.3, -0.25) is 0 Å². The van der Waals surface area contributed by atoms with Crippen molar-refractivity contribution in [2.24, 2.45) is 10.7 Å². The molecule has 5 nitrogen and oxygen atoms in total. The summed E-state index contributed by atoms with van der Waals surface area (Å²) < 4.78 is 0. The van der Waals surface area contributed by atoms with E-state index in [4.69, 9.17) is 5.73 Å². The summed E-state index contributed by atoms with van der Waals surface area (Å²) in [4.78, 5) is 19.0. The van der Waals surface area contributed by atoms with Gasteiger partial charge >= 0.3 is 0 Å². The van der Waals surface area contributed by atoms with Crippen LogP contribution in [0.25, 0.3) is 5.70 Å². The monoisotopic (exact) mass is 320 g/mol. The maximum absolute atomic E-state index is 10.6. The van der Waals surface area contributed by atoms with Crippen LogP contribution in [0.1, 0.15) is 5.56 Å². The van der Waals surface area contributed by atoms with Gasteiger partial charge < -0.3 is 20.3 Å². The first-order valence-corrected chi connectivity index (χ1v) is 7.79. The summed E-state index contributed by atoms with van der Waals surface area (Å²) in [5.74, 6) is 0.588. The molecule has 1 aliphatic heterocycles. The Balaban J connectivity index is 1.92. The Morgan fingerprint density at radius 1 is 1.17 bits per heavy atom. The van der Waals surface area contributed by atoms with Crippen LogP contribution in [0.5, 0.6) is 0 Å². The van der Waals surface area contributed by atoms with Gasteiger partial charge in [0.25, 0.3) is 0 Å².